The van der Waals surface area contributed by atoms with Crippen LogP contribution in [0.15, 0.2) is 36.4 Å². The van der Waals surface area contributed by atoms with Crippen molar-refractivity contribution in [2.45, 2.75) is 126 Å². The van der Waals surface area contributed by atoms with Crippen LogP contribution in [-0.4, -0.2) is 84.1 Å². The average molecular weight is 700 g/mol. The van der Waals surface area contributed by atoms with Gasteiger partial charge in [0.05, 0.1) is 5.25 Å². The van der Waals surface area contributed by atoms with E-state index in [-0.39, 0.29) is 25.3 Å². The van der Waals surface area contributed by atoms with Crippen LogP contribution in [0.3, 0.4) is 0 Å². The number of sulfonamides is 1. The number of alkyl carbamates (subject to hydrolysis) is 1. The minimum atomic E-state index is -3.88. The third-order valence-corrected chi connectivity index (χ3v) is 11.4. The van der Waals surface area contributed by atoms with Crippen molar-refractivity contribution < 1.29 is 37.1 Å². The third-order valence-electron chi connectivity index (χ3n) is 9.53. The number of carbonyl (C=O) groups excluding carboxylic acids is 5. The van der Waals surface area contributed by atoms with E-state index in [1.165, 1.54) is 4.90 Å². The molecule has 2 heterocycles. The Morgan fingerprint density at radius 3 is 2.39 bits per heavy atom. The van der Waals surface area contributed by atoms with Gasteiger partial charge < -0.3 is 25.6 Å². The smallest absolute Gasteiger partial charge is 0.408 e. The molecule has 4 N–H and O–H groups in total. The minimum Gasteiger partial charge on any atom is -0.444 e. The monoisotopic (exact) mass is 699 g/mol. The molecular formula is C35H49N5O8S. The maximum atomic E-state index is 14.3. The number of aryl methyl sites for hydroxylation is 1. The maximum absolute atomic E-state index is 14.3. The Bertz CT molecular complexity index is 1580. The Hall–Kier alpha value is -3.94. The first-order valence-electron chi connectivity index (χ1n) is 17.4. The summed E-state index contributed by atoms with van der Waals surface area (Å²) in [6.45, 7) is 7.15. The van der Waals surface area contributed by atoms with Crippen molar-refractivity contribution >= 4 is 39.7 Å². The number of fused-ring (bicyclic) bond motifs is 2. The normalized spacial score (nSPS) is 28.4. The number of hydrogen-bond acceptors (Lipinski definition) is 8. The molecule has 4 aliphatic rings. The highest BCUT2D eigenvalue weighted by molar-refractivity contribution is 7.91. The van der Waals surface area contributed by atoms with Gasteiger partial charge in [-0.1, -0.05) is 44.1 Å². The zero-order valence-electron chi connectivity index (χ0n) is 28.8. The second-order valence-electron chi connectivity index (χ2n) is 14.7. The first-order chi connectivity index (χ1) is 23.1. The van der Waals surface area contributed by atoms with Crippen molar-refractivity contribution in [3.63, 3.8) is 0 Å². The van der Waals surface area contributed by atoms with Crippen LogP contribution in [-0.2, 0) is 35.6 Å². The van der Waals surface area contributed by atoms with Crippen LogP contribution in [0.5, 0.6) is 0 Å². The van der Waals surface area contributed by atoms with Gasteiger partial charge in [-0.2, -0.15) is 0 Å². The molecule has 49 heavy (non-hydrogen) atoms. The number of nitrogens with one attached hydrogen (secondary N) is 4. The molecule has 5 amide bonds. The van der Waals surface area contributed by atoms with Crippen molar-refractivity contribution in [2.75, 3.05) is 6.54 Å². The predicted molar refractivity (Wildman–Crippen MR) is 182 cm³/mol. The number of amides is 5. The Labute approximate surface area is 288 Å². The molecule has 2 saturated carbocycles. The molecule has 2 aliphatic carbocycles. The van der Waals surface area contributed by atoms with E-state index in [9.17, 15) is 32.4 Å². The van der Waals surface area contributed by atoms with Crippen LogP contribution in [0, 0.1) is 5.92 Å². The fourth-order valence-corrected chi connectivity index (χ4v) is 7.88. The lowest BCUT2D eigenvalue weighted by Crippen LogP contribution is -2.58. The van der Waals surface area contributed by atoms with E-state index in [1.54, 1.807) is 32.9 Å². The molecule has 1 aromatic rings. The molecular weight excluding hydrogens is 650 g/mol. The summed E-state index contributed by atoms with van der Waals surface area (Å²) in [7, 11) is -3.88. The van der Waals surface area contributed by atoms with Gasteiger partial charge in [0.1, 0.15) is 23.2 Å². The van der Waals surface area contributed by atoms with E-state index in [4.69, 9.17) is 4.74 Å². The van der Waals surface area contributed by atoms with Gasteiger partial charge in [0.25, 0.3) is 11.8 Å². The highest BCUT2D eigenvalue weighted by Gasteiger charge is 2.62. The molecule has 5 rings (SSSR count). The molecule has 2 aliphatic heterocycles. The zero-order valence-corrected chi connectivity index (χ0v) is 29.6. The van der Waals surface area contributed by atoms with Crippen molar-refractivity contribution in [2.24, 2.45) is 5.92 Å². The van der Waals surface area contributed by atoms with Crippen molar-refractivity contribution in [1.82, 2.24) is 25.6 Å². The molecule has 268 valence electrons. The molecule has 0 radical (unpaired) electrons. The van der Waals surface area contributed by atoms with Crippen LogP contribution in [0.2, 0.25) is 0 Å². The summed E-state index contributed by atoms with van der Waals surface area (Å²) in [5, 5.41) is 7.86. The lowest BCUT2D eigenvalue weighted by Gasteiger charge is -2.30. The van der Waals surface area contributed by atoms with Gasteiger partial charge in [-0.05, 0) is 89.8 Å². The summed E-state index contributed by atoms with van der Waals surface area (Å²) in [6.07, 6.45) is 8.20. The van der Waals surface area contributed by atoms with Crippen molar-refractivity contribution in [1.29, 1.82) is 0 Å². The second-order valence-corrected chi connectivity index (χ2v) is 16.6. The van der Waals surface area contributed by atoms with Crippen LogP contribution < -0.4 is 20.7 Å². The number of benzene rings is 1. The lowest BCUT2D eigenvalue weighted by atomic mass is 10.0. The van der Waals surface area contributed by atoms with Crippen molar-refractivity contribution in [3.05, 3.63) is 47.5 Å². The Morgan fingerprint density at radius 1 is 1.02 bits per heavy atom. The summed E-state index contributed by atoms with van der Waals surface area (Å²) < 4.78 is 33.1. The molecule has 0 bridgehead atoms. The van der Waals surface area contributed by atoms with Gasteiger partial charge in [-0.3, -0.25) is 23.9 Å². The number of allylic oxidation sites excluding steroid dienone is 1. The van der Waals surface area contributed by atoms with Gasteiger partial charge in [0.15, 0.2) is 0 Å². The summed E-state index contributed by atoms with van der Waals surface area (Å²) in [6, 6.07) is 4.45. The van der Waals surface area contributed by atoms with Gasteiger partial charge in [0.2, 0.25) is 21.8 Å². The Kier molecular flexibility index (Phi) is 10.8. The van der Waals surface area contributed by atoms with Gasteiger partial charge in [-0.15, -0.1) is 0 Å². The van der Waals surface area contributed by atoms with Crippen LogP contribution in [0.1, 0.15) is 101 Å². The number of nitrogens with zero attached hydrogens (tertiary/aromatic N) is 1. The molecule has 14 heteroatoms. The molecule has 13 nitrogen and oxygen atoms in total. The van der Waals surface area contributed by atoms with E-state index < -0.39 is 74.3 Å². The third kappa shape index (κ3) is 9.00. The fourth-order valence-electron chi connectivity index (χ4n) is 6.52. The van der Waals surface area contributed by atoms with Crippen LogP contribution >= 0.6 is 0 Å². The zero-order chi connectivity index (χ0) is 35.6. The quantitative estimate of drug-likeness (QED) is 0.314. The molecule has 0 unspecified atom stereocenters. The Morgan fingerprint density at radius 2 is 1.73 bits per heavy atom. The highest BCUT2D eigenvalue weighted by Crippen LogP contribution is 2.46. The van der Waals surface area contributed by atoms with E-state index in [1.807, 2.05) is 31.2 Å². The fraction of sp³-hybridized carbons (Fsp3) is 0.629. The molecule has 1 aromatic carbocycles. The average Bonchev–Trinajstić information content (AvgIpc) is 3.95. The maximum Gasteiger partial charge on any atom is 0.408 e. The standard InChI is InChI=1S/C35H49N5O8S/c1-5-22-13-15-23(16-14-22)29(41)36-25-19-28-30(42)38-35(32(44)39-49(46,47)26-17-18-26)20-24(35)11-9-7-6-8-10-12-27(31(43)40(28)21-25)37-33(45)48-34(2,3)4/h9,11,13-16,24-28H,5-8,10,12,17-21H2,1-4H3,(H,36,41)(H,37,45)(H,38,42)(H,39,44)/b11-9-/t24-,25-,27+,28+,35-/m1/s1. The number of ether oxygens (including phenoxy) is 1. The minimum absolute atomic E-state index is 0.0131. The predicted octanol–water partition coefficient (Wildman–Crippen LogP) is 2.85. The Balaban J connectivity index is 1.42. The summed E-state index contributed by atoms with van der Waals surface area (Å²) in [5.74, 6) is -2.74. The van der Waals surface area contributed by atoms with E-state index in [0.29, 0.717) is 37.7 Å². The summed E-state index contributed by atoms with van der Waals surface area (Å²) in [4.78, 5) is 69.4. The van der Waals surface area contributed by atoms with Gasteiger partial charge in [-0.25, -0.2) is 13.2 Å². The second kappa shape index (κ2) is 14.5. The topological polar surface area (TPSA) is 180 Å². The van der Waals surface area contributed by atoms with Crippen molar-refractivity contribution in [3.8, 4) is 0 Å². The SMILES string of the molecule is CCc1ccc(C(=O)N[C@@H]2C[C@H]3C(=O)N[C@]4(C(=O)NS(=O)(=O)C5CC5)C[C@H]4/C=C\CCCCC[C@H](NC(=O)OC(C)(C)C)C(=O)N3C2)cc1. The van der Waals surface area contributed by atoms with Gasteiger partial charge >= 0.3 is 6.09 Å². The molecule has 5 atom stereocenters. The first-order valence-corrected chi connectivity index (χ1v) is 18.9. The van der Waals surface area contributed by atoms with Crippen LogP contribution in [0.25, 0.3) is 0 Å². The van der Waals surface area contributed by atoms with E-state index in [2.05, 4.69) is 20.7 Å². The molecule has 0 spiro atoms. The summed E-state index contributed by atoms with van der Waals surface area (Å²) in [5.41, 5.74) is -0.795. The molecule has 3 fully saturated rings. The van der Waals surface area contributed by atoms with E-state index in [0.717, 1.165) is 24.8 Å². The molecule has 1 saturated heterocycles. The lowest BCUT2D eigenvalue weighted by molar-refractivity contribution is -0.141. The number of hydrogen-bond donors (Lipinski definition) is 4. The van der Waals surface area contributed by atoms with E-state index >= 15 is 0 Å². The highest BCUT2D eigenvalue weighted by atomic mass is 32.2. The largest absolute Gasteiger partial charge is 0.444 e. The number of rotatable bonds is 7. The van der Waals surface area contributed by atoms with Gasteiger partial charge in [0, 0.05) is 24.1 Å². The first kappa shape index (κ1) is 36.3. The van der Waals surface area contributed by atoms with Crippen LogP contribution in [0.4, 0.5) is 4.79 Å². The molecule has 0 aromatic heterocycles. The number of carbonyl (C=O) groups is 5. The summed E-state index contributed by atoms with van der Waals surface area (Å²) >= 11 is 0.